The first-order valence-electron chi connectivity index (χ1n) is 2.51. The van der Waals surface area contributed by atoms with Crippen LogP contribution in [-0.4, -0.2) is 25.1 Å². The first kappa shape index (κ1) is 4.76. The molecule has 1 radical (unpaired) electrons. The molecule has 2 rings (SSSR count). The van der Waals surface area contributed by atoms with Crippen LogP contribution in [0.15, 0.2) is 33.4 Å². The van der Waals surface area contributed by atoms with E-state index < -0.39 is 0 Å². The zero-order chi connectivity index (χ0) is 5.40. The van der Waals surface area contributed by atoms with Gasteiger partial charge in [-0.25, -0.2) is 0 Å². The van der Waals surface area contributed by atoms with Crippen molar-refractivity contribution in [1.82, 2.24) is 0 Å². The Labute approximate surface area is 58.6 Å². The molecule has 0 saturated heterocycles. The second-order valence-corrected chi connectivity index (χ2v) is 3.88. The van der Waals surface area contributed by atoms with Gasteiger partial charge in [0.15, 0.2) is 0 Å². The molecule has 0 unspecified atom stereocenters. The fraction of sp³-hybridized carbons (Fsp3) is 0. The summed E-state index contributed by atoms with van der Waals surface area (Å²) in [7, 11) is 0. The minimum absolute atomic E-state index is 0.127. The van der Waals surface area contributed by atoms with Gasteiger partial charge in [0.25, 0.3) is 0 Å². The summed E-state index contributed by atoms with van der Waals surface area (Å²) in [6, 6.07) is 0. The van der Waals surface area contributed by atoms with E-state index in [2.05, 4.69) is 26.2 Å². The van der Waals surface area contributed by atoms with Gasteiger partial charge in [-0.1, -0.05) is 0 Å². The zero-order valence-electron chi connectivity index (χ0n) is 4.26. The summed E-state index contributed by atoms with van der Waals surface area (Å²) in [4.78, 5) is 0. The summed E-state index contributed by atoms with van der Waals surface area (Å²) in [5.74, 6) is 0. The number of rotatable bonds is 0. The van der Waals surface area contributed by atoms with Crippen LogP contribution in [0.2, 0.25) is 0 Å². The molecule has 1 aliphatic carbocycles. The van der Waals surface area contributed by atoms with Crippen molar-refractivity contribution in [1.29, 1.82) is 0 Å². The van der Waals surface area contributed by atoms with Crippen LogP contribution in [0.1, 0.15) is 0 Å². The van der Waals surface area contributed by atoms with Gasteiger partial charge in [0.05, 0.1) is 0 Å². The van der Waals surface area contributed by atoms with E-state index >= 15 is 0 Å². The molecule has 1 heterocycles. The van der Waals surface area contributed by atoms with Crippen LogP contribution in [0.25, 0.3) is 0 Å². The summed E-state index contributed by atoms with van der Waals surface area (Å²) in [6.45, 7) is 0. The third-order valence-corrected chi connectivity index (χ3v) is 3.46. The van der Waals surface area contributed by atoms with Gasteiger partial charge in [0.2, 0.25) is 0 Å². The maximum atomic E-state index is 3.37. The van der Waals surface area contributed by atoms with Gasteiger partial charge < -0.3 is 0 Å². The van der Waals surface area contributed by atoms with E-state index in [9.17, 15) is 0 Å². The Bertz CT molecular complexity index is 203. The molecule has 0 saturated carbocycles. The van der Waals surface area contributed by atoms with Gasteiger partial charge in [-0.3, -0.25) is 0 Å². The zero-order valence-corrected chi connectivity index (χ0v) is 6.81. The van der Waals surface area contributed by atoms with Gasteiger partial charge in [0.1, 0.15) is 0 Å². The van der Waals surface area contributed by atoms with E-state index in [1.807, 2.05) is 0 Å². The van der Waals surface area contributed by atoms with E-state index in [4.69, 9.17) is 0 Å². The predicted octanol–water partition coefficient (Wildman–Crippen LogP) is 0.763. The third-order valence-electron chi connectivity index (χ3n) is 1.24. The first-order valence-corrected chi connectivity index (χ1v) is 5.26. The van der Waals surface area contributed by atoms with Crippen LogP contribution < -0.4 is 0 Å². The van der Waals surface area contributed by atoms with Crippen molar-refractivity contribution in [3.05, 3.63) is 33.4 Å². The first-order chi connectivity index (χ1) is 3.97. The van der Waals surface area contributed by atoms with Crippen LogP contribution in [0.5, 0.6) is 0 Å². The molecule has 0 spiro atoms. The summed E-state index contributed by atoms with van der Waals surface area (Å²) in [6.07, 6.45) is 6.38. The van der Waals surface area contributed by atoms with E-state index in [0.717, 1.165) is 0 Å². The quantitative estimate of drug-likeness (QED) is 0.517. The van der Waals surface area contributed by atoms with E-state index in [1.165, 1.54) is 11.1 Å². The molecular formula is C7H4Sb. The Balaban J connectivity index is 2.59. The van der Waals surface area contributed by atoms with Crippen LogP contribution in [0.4, 0.5) is 0 Å². The van der Waals surface area contributed by atoms with Gasteiger partial charge in [0, 0.05) is 0 Å². The normalized spacial score (nSPS) is 21.0. The molecule has 2 aliphatic rings. The van der Waals surface area contributed by atoms with Crippen molar-refractivity contribution < 1.29 is 0 Å². The molecule has 37 valence electrons. The molecule has 8 heavy (non-hydrogen) atoms. The van der Waals surface area contributed by atoms with Crippen LogP contribution >= 0.6 is 0 Å². The molecule has 0 nitrogen and oxygen atoms in total. The molecule has 0 amide bonds. The van der Waals surface area contributed by atoms with E-state index in [0.29, 0.717) is 0 Å². The summed E-state index contributed by atoms with van der Waals surface area (Å²) >= 11 is -0.127. The predicted molar refractivity (Wildman–Crippen MR) is 36.1 cm³/mol. The Hall–Kier alpha value is -0.0918. The summed E-state index contributed by atoms with van der Waals surface area (Å²) < 4.78 is 5.71. The van der Waals surface area contributed by atoms with E-state index in [-0.39, 0.29) is 21.1 Å². The summed E-state index contributed by atoms with van der Waals surface area (Å²) in [5.41, 5.74) is 2.77. The van der Waals surface area contributed by atoms with Crippen LogP contribution in [-0.2, 0) is 0 Å². The molecule has 1 heteroatoms. The average Bonchev–Trinajstić information content (AvgIpc) is 2.15. The molecule has 0 bridgehead atoms. The molecule has 0 aromatic rings. The van der Waals surface area contributed by atoms with Crippen LogP contribution in [0, 0.1) is 0 Å². The molecule has 0 atom stereocenters. The average molecular weight is 210 g/mol. The van der Waals surface area contributed by atoms with Crippen molar-refractivity contribution >= 4 is 25.1 Å². The van der Waals surface area contributed by atoms with Crippen molar-refractivity contribution in [2.24, 2.45) is 0 Å². The van der Waals surface area contributed by atoms with Gasteiger partial charge in [-0.15, -0.1) is 0 Å². The molecular weight excluding hydrogens is 206 g/mol. The molecule has 0 aromatic carbocycles. The Morgan fingerprint density at radius 2 is 2.50 bits per heavy atom. The number of fused-ring (bicyclic) bond motifs is 1. The number of hydrogen-bond donors (Lipinski definition) is 0. The van der Waals surface area contributed by atoms with Gasteiger partial charge in [-0.05, 0) is 0 Å². The second kappa shape index (κ2) is 1.70. The van der Waals surface area contributed by atoms with Crippen molar-refractivity contribution in [2.75, 3.05) is 0 Å². The monoisotopic (exact) mass is 209 g/mol. The van der Waals surface area contributed by atoms with E-state index in [1.54, 1.807) is 0 Å². The third kappa shape index (κ3) is 0.562. The molecule has 0 aromatic heterocycles. The number of allylic oxidation sites excluding steroid dienone is 5. The Morgan fingerprint density at radius 3 is 3.38 bits per heavy atom. The fourth-order valence-electron chi connectivity index (χ4n) is 0.820. The molecule has 1 aliphatic heterocycles. The fourth-order valence-corrected chi connectivity index (χ4v) is 3.02. The second-order valence-electron chi connectivity index (χ2n) is 1.76. The molecule has 0 N–H and O–H groups in total. The van der Waals surface area contributed by atoms with Crippen molar-refractivity contribution in [3.63, 3.8) is 0 Å². The topological polar surface area (TPSA) is 0 Å². The number of hydrogen-bond acceptors (Lipinski definition) is 0. The van der Waals surface area contributed by atoms with Crippen molar-refractivity contribution in [3.8, 4) is 0 Å². The maximum absolute atomic E-state index is 3.37. The summed E-state index contributed by atoms with van der Waals surface area (Å²) in [5, 5.41) is 0. The Morgan fingerprint density at radius 1 is 1.50 bits per heavy atom. The Kier molecular flexibility index (Phi) is 1.01. The molecule has 0 fully saturated rings. The van der Waals surface area contributed by atoms with Gasteiger partial charge >= 0.3 is 58.5 Å². The standard InChI is InChI=1S/C7H4.Sb/c1-6-4-3-5-7(6)2;/h1,3-5H;. The van der Waals surface area contributed by atoms with Crippen LogP contribution in [0.3, 0.4) is 0 Å². The van der Waals surface area contributed by atoms with Gasteiger partial charge in [-0.2, -0.15) is 0 Å². The van der Waals surface area contributed by atoms with Crippen molar-refractivity contribution in [2.45, 2.75) is 0 Å². The SMILES string of the molecule is [C]1=[Sb][CH]=C2C=CC=C12. The minimum atomic E-state index is -0.127.